The number of hydrogen-bond donors (Lipinski definition) is 0. The fraction of sp³-hybridized carbons (Fsp3) is 0.0566. The predicted molar refractivity (Wildman–Crippen MR) is 232 cm³/mol. The quantitative estimate of drug-likeness (QED) is 0.177. The van der Waals surface area contributed by atoms with Crippen LogP contribution in [0.1, 0.15) is 25.0 Å². The standard InChI is InChI=1S/C53H37NO/c1-53(2)48-24-14-13-22-41(48)42-28-27-39(30-49(42)53)54(38-26-25-34-15-9-10-20-37(34)29-38)50-32-46-47-31-44(35-16-5-3-6-17-35)40-21-11-12-23-43(40)52(47)55-51(46)33-45(50)36-18-7-4-8-19-36/h3-33H,1-2H3. The van der Waals surface area contributed by atoms with Crippen molar-refractivity contribution in [2.45, 2.75) is 19.3 Å². The molecule has 1 aliphatic carbocycles. The lowest BCUT2D eigenvalue weighted by molar-refractivity contribution is 0.660. The van der Waals surface area contributed by atoms with Crippen LogP contribution >= 0.6 is 0 Å². The highest BCUT2D eigenvalue weighted by atomic mass is 16.3. The van der Waals surface area contributed by atoms with E-state index in [9.17, 15) is 0 Å². The van der Waals surface area contributed by atoms with Crippen molar-refractivity contribution >= 4 is 60.5 Å². The Morgan fingerprint density at radius 3 is 1.82 bits per heavy atom. The first-order valence-corrected chi connectivity index (χ1v) is 19.1. The molecule has 0 saturated carbocycles. The zero-order valence-electron chi connectivity index (χ0n) is 30.8. The number of benzene rings is 9. The third-order valence-corrected chi connectivity index (χ3v) is 11.8. The Kier molecular flexibility index (Phi) is 6.93. The topological polar surface area (TPSA) is 16.4 Å². The summed E-state index contributed by atoms with van der Waals surface area (Å²) in [6, 6.07) is 68.5. The van der Waals surface area contributed by atoms with Crippen molar-refractivity contribution in [1.82, 2.24) is 0 Å². The molecule has 0 bridgehead atoms. The van der Waals surface area contributed by atoms with E-state index in [4.69, 9.17) is 4.42 Å². The van der Waals surface area contributed by atoms with E-state index in [-0.39, 0.29) is 5.41 Å². The molecule has 55 heavy (non-hydrogen) atoms. The van der Waals surface area contributed by atoms with Gasteiger partial charge in [-0.1, -0.05) is 159 Å². The Morgan fingerprint density at radius 2 is 1.02 bits per heavy atom. The summed E-state index contributed by atoms with van der Waals surface area (Å²) in [5.41, 5.74) is 14.9. The fourth-order valence-corrected chi connectivity index (χ4v) is 9.10. The van der Waals surface area contributed by atoms with Gasteiger partial charge >= 0.3 is 0 Å². The van der Waals surface area contributed by atoms with Crippen molar-refractivity contribution in [2.24, 2.45) is 0 Å². The van der Waals surface area contributed by atoms with Gasteiger partial charge in [0.1, 0.15) is 11.2 Å². The van der Waals surface area contributed by atoms with Crippen molar-refractivity contribution in [3.63, 3.8) is 0 Å². The third kappa shape index (κ3) is 4.88. The molecule has 2 heteroatoms. The monoisotopic (exact) mass is 703 g/mol. The van der Waals surface area contributed by atoms with E-state index in [1.165, 1.54) is 49.5 Å². The van der Waals surface area contributed by atoms with Gasteiger partial charge in [-0.2, -0.15) is 0 Å². The normalized spacial score (nSPS) is 13.1. The summed E-state index contributed by atoms with van der Waals surface area (Å²) in [6.07, 6.45) is 0. The maximum atomic E-state index is 6.93. The van der Waals surface area contributed by atoms with Gasteiger partial charge < -0.3 is 9.32 Å². The Bertz CT molecular complexity index is 3120. The summed E-state index contributed by atoms with van der Waals surface area (Å²) in [7, 11) is 0. The molecule has 0 atom stereocenters. The number of fused-ring (bicyclic) bond motifs is 9. The number of hydrogen-bond acceptors (Lipinski definition) is 2. The van der Waals surface area contributed by atoms with Crippen molar-refractivity contribution in [2.75, 3.05) is 4.90 Å². The average Bonchev–Trinajstić information content (AvgIpc) is 3.72. The summed E-state index contributed by atoms with van der Waals surface area (Å²) in [5.74, 6) is 0. The molecule has 0 radical (unpaired) electrons. The van der Waals surface area contributed by atoms with Crippen molar-refractivity contribution in [1.29, 1.82) is 0 Å². The highest BCUT2D eigenvalue weighted by Crippen LogP contribution is 2.52. The van der Waals surface area contributed by atoms with Gasteiger partial charge in [0, 0.05) is 38.5 Å². The Balaban J connectivity index is 1.23. The highest BCUT2D eigenvalue weighted by Gasteiger charge is 2.36. The van der Waals surface area contributed by atoms with Gasteiger partial charge in [-0.15, -0.1) is 0 Å². The van der Waals surface area contributed by atoms with Gasteiger partial charge in [-0.25, -0.2) is 0 Å². The van der Waals surface area contributed by atoms with E-state index in [1.54, 1.807) is 0 Å². The lowest BCUT2D eigenvalue weighted by atomic mass is 9.82. The molecule has 0 N–H and O–H groups in total. The van der Waals surface area contributed by atoms with Gasteiger partial charge in [0.2, 0.25) is 0 Å². The number of furan rings is 1. The number of rotatable bonds is 5. The zero-order valence-corrected chi connectivity index (χ0v) is 30.8. The first-order chi connectivity index (χ1) is 27.0. The molecule has 1 heterocycles. The molecule has 1 aliphatic rings. The summed E-state index contributed by atoms with van der Waals surface area (Å²) in [6.45, 7) is 4.71. The molecule has 0 amide bonds. The molecule has 0 aliphatic heterocycles. The molecule has 9 aromatic carbocycles. The number of anilines is 3. The van der Waals surface area contributed by atoms with Crippen molar-refractivity contribution in [3.05, 3.63) is 199 Å². The van der Waals surface area contributed by atoms with Gasteiger partial charge in [-0.05, 0) is 97.6 Å². The van der Waals surface area contributed by atoms with Gasteiger partial charge in [0.15, 0.2) is 0 Å². The summed E-state index contributed by atoms with van der Waals surface area (Å²) < 4.78 is 6.93. The minimum absolute atomic E-state index is 0.140. The second kappa shape index (κ2) is 12.1. The lowest BCUT2D eigenvalue weighted by Gasteiger charge is -2.30. The minimum Gasteiger partial charge on any atom is -0.455 e. The maximum absolute atomic E-state index is 6.93. The van der Waals surface area contributed by atoms with E-state index in [1.807, 2.05) is 0 Å². The molecule has 260 valence electrons. The molecule has 0 fully saturated rings. The Labute approximate surface area is 320 Å². The molecule has 11 rings (SSSR count). The first kappa shape index (κ1) is 31.6. The van der Waals surface area contributed by atoms with Gasteiger partial charge in [0.05, 0.1) is 5.69 Å². The van der Waals surface area contributed by atoms with E-state index < -0.39 is 0 Å². The van der Waals surface area contributed by atoms with E-state index in [2.05, 4.69) is 207 Å². The Morgan fingerprint density at radius 1 is 0.400 bits per heavy atom. The highest BCUT2D eigenvalue weighted by molar-refractivity contribution is 6.20. The smallest absolute Gasteiger partial charge is 0.143 e. The SMILES string of the molecule is CC1(C)c2ccccc2-c2ccc(N(c3ccc4ccccc4c3)c3cc4c(cc3-c3ccccc3)oc3c5ccccc5c(-c5ccccc5)cc43)cc21. The van der Waals surface area contributed by atoms with Crippen LogP contribution in [0, 0.1) is 0 Å². The summed E-state index contributed by atoms with van der Waals surface area (Å²) in [4.78, 5) is 2.46. The molecule has 1 aromatic heterocycles. The zero-order chi connectivity index (χ0) is 36.7. The van der Waals surface area contributed by atoms with Gasteiger partial charge in [-0.3, -0.25) is 0 Å². The van der Waals surface area contributed by atoms with E-state index in [0.29, 0.717) is 0 Å². The molecule has 2 nitrogen and oxygen atoms in total. The largest absolute Gasteiger partial charge is 0.455 e. The molecule has 0 saturated heterocycles. The van der Waals surface area contributed by atoms with E-state index in [0.717, 1.165) is 55.5 Å². The average molecular weight is 704 g/mol. The summed E-state index contributed by atoms with van der Waals surface area (Å²) in [5, 5.41) is 6.92. The molecule has 0 spiro atoms. The van der Waals surface area contributed by atoms with Crippen LogP contribution in [-0.2, 0) is 5.41 Å². The molecular formula is C53H37NO. The van der Waals surface area contributed by atoms with Crippen LogP contribution < -0.4 is 4.90 Å². The Hall–Kier alpha value is -6.90. The maximum Gasteiger partial charge on any atom is 0.143 e. The predicted octanol–water partition coefficient (Wildman–Crippen LogP) is 15.0. The fourth-order valence-electron chi connectivity index (χ4n) is 9.10. The minimum atomic E-state index is -0.140. The first-order valence-electron chi connectivity index (χ1n) is 19.1. The van der Waals surface area contributed by atoms with Crippen molar-refractivity contribution < 1.29 is 4.42 Å². The van der Waals surface area contributed by atoms with Crippen LogP contribution in [0.2, 0.25) is 0 Å². The van der Waals surface area contributed by atoms with Crippen LogP contribution in [0.4, 0.5) is 17.1 Å². The number of nitrogens with zero attached hydrogens (tertiary/aromatic N) is 1. The van der Waals surface area contributed by atoms with Crippen LogP contribution in [0.5, 0.6) is 0 Å². The third-order valence-electron chi connectivity index (χ3n) is 11.8. The van der Waals surface area contributed by atoms with Gasteiger partial charge in [0.25, 0.3) is 0 Å². The second-order valence-corrected chi connectivity index (χ2v) is 15.3. The van der Waals surface area contributed by atoms with Crippen LogP contribution in [0.3, 0.4) is 0 Å². The van der Waals surface area contributed by atoms with Crippen LogP contribution in [-0.4, -0.2) is 0 Å². The van der Waals surface area contributed by atoms with Crippen LogP contribution in [0.25, 0.3) is 76.9 Å². The molecule has 0 unspecified atom stereocenters. The lowest BCUT2D eigenvalue weighted by Crippen LogP contribution is -2.17. The van der Waals surface area contributed by atoms with E-state index >= 15 is 0 Å². The molecular weight excluding hydrogens is 667 g/mol. The molecule has 10 aromatic rings. The van der Waals surface area contributed by atoms with Crippen LogP contribution in [0.15, 0.2) is 192 Å². The summed E-state index contributed by atoms with van der Waals surface area (Å²) >= 11 is 0. The second-order valence-electron chi connectivity index (χ2n) is 15.3. The van der Waals surface area contributed by atoms with Crippen molar-refractivity contribution in [3.8, 4) is 33.4 Å².